The molecule has 0 N–H and O–H groups in total. The van der Waals surface area contributed by atoms with Crippen LogP contribution in [0.3, 0.4) is 0 Å². The molecule has 4 aliphatic rings. The standard InChI is InChI=1S/C26H46NO3/c1-23(2)18-9-12-26(23,6)21(15-18)29-14-13-27(7,8)17-22(28)30-20-16-25(5)11-10-19(20)24(25,3)4/h18-21H,9-17H2,1-8H3/q+1. The zero-order valence-electron chi connectivity index (χ0n) is 20.8. The molecule has 4 aliphatic carbocycles. The molecule has 6 unspecified atom stereocenters. The molecule has 6 atom stereocenters. The minimum atomic E-state index is -0.0371. The van der Waals surface area contributed by atoms with E-state index >= 15 is 0 Å². The van der Waals surface area contributed by atoms with Crippen LogP contribution in [0.4, 0.5) is 0 Å². The van der Waals surface area contributed by atoms with Gasteiger partial charge in [-0.05, 0) is 66.1 Å². The smallest absolute Gasteiger partial charge is 0.362 e. The number of likely N-dealkylation sites (N-methyl/N-ethyl adjacent to an activating group) is 1. The Bertz CT molecular complexity index is 696. The maximum absolute atomic E-state index is 12.8. The normalized spacial score (nSPS) is 43.3. The van der Waals surface area contributed by atoms with E-state index in [1.807, 2.05) is 0 Å². The van der Waals surface area contributed by atoms with Crippen molar-refractivity contribution in [2.75, 3.05) is 33.8 Å². The molecule has 30 heavy (non-hydrogen) atoms. The molecule has 4 rings (SSSR count). The van der Waals surface area contributed by atoms with E-state index in [4.69, 9.17) is 9.47 Å². The van der Waals surface area contributed by atoms with Gasteiger partial charge in [0.1, 0.15) is 12.6 Å². The summed E-state index contributed by atoms with van der Waals surface area (Å²) in [5.74, 6) is 1.29. The molecule has 0 aromatic heterocycles. The van der Waals surface area contributed by atoms with Crippen molar-refractivity contribution in [1.29, 1.82) is 0 Å². The van der Waals surface area contributed by atoms with Crippen LogP contribution in [-0.4, -0.2) is 56.5 Å². The van der Waals surface area contributed by atoms with E-state index < -0.39 is 0 Å². The molecule has 4 fully saturated rings. The van der Waals surface area contributed by atoms with E-state index in [2.05, 4.69) is 55.6 Å². The van der Waals surface area contributed by atoms with Crippen LogP contribution in [0.1, 0.15) is 80.1 Å². The number of hydrogen-bond donors (Lipinski definition) is 0. The molecular weight excluding hydrogens is 374 g/mol. The Kier molecular flexibility index (Phi) is 5.22. The molecule has 4 heteroatoms. The van der Waals surface area contributed by atoms with Crippen LogP contribution in [-0.2, 0) is 14.3 Å². The lowest BCUT2D eigenvalue weighted by atomic mass is 9.70. The molecule has 4 nitrogen and oxygen atoms in total. The van der Waals surface area contributed by atoms with Gasteiger partial charge in [0.2, 0.25) is 0 Å². The second-order valence-electron chi connectivity index (χ2n) is 13.4. The predicted octanol–water partition coefficient (Wildman–Crippen LogP) is 5.05. The Hall–Kier alpha value is -0.610. The number of esters is 1. The van der Waals surface area contributed by atoms with Crippen molar-refractivity contribution in [3.8, 4) is 0 Å². The highest BCUT2D eigenvalue weighted by atomic mass is 16.5. The van der Waals surface area contributed by atoms with Crippen molar-refractivity contribution in [3.05, 3.63) is 0 Å². The first-order valence-electron chi connectivity index (χ1n) is 12.4. The van der Waals surface area contributed by atoms with Crippen molar-refractivity contribution < 1.29 is 18.8 Å². The lowest BCUT2D eigenvalue weighted by Gasteiger charge is -2.39. The number of ether oxygens (including phenoxy) is 2. The summed E-state index contributed by atoms with van der Waals surface area (Å²) in [6, 6.07) is 0. The molecule has 0 spiro atoms. The quantitative estimate of drug-likeness (QED) is 0.427. The highest BCUT2D eigenvalue weighted by Crippen LogP contribution is 2.67. The summed E-state index contributed by atoms with van der Waals surface area (Å²) in [5, 5.41) is 0. The molecule has 4 saturated carbocycles. The third-order valence-electron chi connectivity index (χ3n) is 11.2. The summed E-state index contributed by atoms with van der Waals surface area (Å²) in [4.78, 5) is 12.8. The minimum Gasteiger partial charge on any atom is -0.458 e. The molecule has 0 aromatic carbocycles. The Morgan fingerprint density at radius 1 is 1.00 bits per heavy atom. The van der Waals surface area contributed by atoms with Crippen LogP contribution < -0.4 is 0 Å². The number of nitrogens with zero attached hydrogens (tertiary/aromatic N) is 1. The lowest BCUT2D eigenvalue weighted by molar-refractivity contribution is -0.883. The van der Waals surface area contributed by atoms with Crippen LogP contribution in [0.15, 0.2) is 0 Å². The van der Waals surface area contributed by atoms with Gasteiger partial charge in [0, 0.05) is 5.92 Å². The second-order valence-corrected chi connectivity index (χ2v) is 13.4. The Labute approximate surface area is 184 Å². The van der Waals surface area contributed by atoms with Crippen LogP contribution in [0.5, 0.6) is 0 Å². The summed E-state index contributed by atoms with van der Waals surface area (Å²) < 4.78 is 13.1. The third-order valence-corrected chi connectivity index (χ3v) is 11.2. The van der Waals surface area contributed by atoms with Gasteiger partial charge in [-0.2, -0.15) is 0 Å². The van der Waals surface area contributed by atoms with Crippen LogP contribution in [0.2, 0.25) is 0 Å². The van der Waals surface area contributed by atoms with Crippen molar-refractivity contribution in [2.45, 2.75) is 92.3 Å². The summed E-state index contributed by atoms with van der Waals surface area (Å²) in [6.07, 6.45) is 7.84. The summed E-state index contributed by atoms with van der Waals surface area (Å²) >= 11 is 0. The van der Waals surface area contributed by atoms with Crippen molar-refractivity contribution in [2.24, 2.45) is 33.5 Å². The highest BCUT2D eigenvalue weighted by Gasteiger charge is 2.63. The highest BCUT2D eigenvalue weighted by molar-refractivity contribution is 5.71. The van der Waals surface area contributed by atoms with Crippen LogP contribution in [0.25, 0.3) is 0 Å². The van der Waals surface area contributed by atoms with Crippen molar-refractivity contribution in [1.82, 2.24) is 0 Å². The number of quaternary nitrogens is 1. The molecule has 0 amide bonds. The molecule has 4 bridgehead atoms. The molecule has 0 aromatic rings. The molecular formula is C26H46NO3+. The first-order valence-corrected chi connectivity index (χ1v) is 12.4. The number of rotatable bonds is 7. The van der Waals surface area contributed by atoms with E-state index in [1.165, 1.54) is 32.1 Å². The Morgan fingerprint density at radius 3 is 2.20 bits per heavy atom. The van der Waals surface area contributed by atoms with Crippen molar-refractivity contribution >= 4 is 5.97 Å². The van der Waals surface area contributed by atoms with Gasteiger partial charge in [0.15, 0.2) is 6.54 Å². The summed E-state index contributed by atoms with van der Waals surface area (Å²) in [5.41, 5.74) is 1.29. The Morgan fingerprint density at radius 2 is 1.70 bits per heavy atom. The number of hydrogen-bond acceptors (Lipinski definition) is 3. The van der Waals surface area contributed by atoms with Crippen LogP contribution >= 0.6 is 0 Å². The first kappa shape index (κ1) is 22.6. The lowest BCUT2D eigenvalue weighted by Crippen LogP contribution is -2.48. The van der Waals surface area contributed by atoms with E-state index in [0.717, 1.165) is 25.5 Å². The van der Waals surface area contributed by atoms with E-state index in [-0.39, 0.29) is 17.5 Å². The van der Waals surface area contributed by atoms with Crippen LogP contribution in [0, 0.1) is 33.5 Å². The third kappa shape index (κ3) is 3.27. The van der Waals surface area contributed by atoms with Gasteiger partial charge in [0.25, 0.3) is 0 Å². The molecule has 0 radical (unpaired) electrons. The van der Waals surface area contributed by atoms with Crippen molar-refractivity contribution in [3.63, 3.8) is 0 Å². The van der Waals surface area contributed by atoms with E-state index in [0.29, 0.717) is 39.3 Å². The zero-order valence-corrected chi connectivity index (χ0v) is 20.8. The average Bonchev–Trinajstić information content (AvgIpc) is 3.11. The minimum absolute atomic E-state index is 0.0371. The topological polar surface area (TPSA) is 35.5 Å². The fourth-order valence-electron chi connectivity index (χ4n) is 7.79. The first-order chi connectivity index (χ1) is 13.7. The zero-order chi connectivity index (χ0) is 22.2. The predicted molar refractivity (Wildman–Crippen MR) is 120 cm³/mol. The van der Waals surface area contributed by atoms with Gasteiger partial charge in [-0.1, -0.05) is 41.5 Å². The number of carbonyl (C=O) groups is 1. The molecule has 172 valence electrons. The molecule has 0 saturated heterocycles. The fraction of sp³-hybridized carbons (Fsp3) is 0.962. The maximum atomic E-state index is 12.8. The van der Waals surface area contributed by atoms with Gasteiger partial charge in [-0.3, -0.25) is 0 Å². The van der Waals surface area contributed by atoms with Gasteiger partial charge in [0.05, 0.1) is 26.8 Å². The van der Waals surface area contributed by atoms with E-state index in [1.54, 1.807) is 0 Å². The maximum Gasteiger partial charge on any atom is 0.362 e. The average molecular weight is 421 g/mol. The monoisotopic (exact) mass is 420 g/mol. The number of fused-ring (bicyclic) bond motifs is 4. The Balaban J connectivity index is 1.25. The van der Waals surface area contributed by atoms with Gasteiger partial charge < -0.3 is 14.0 Å². The van der Waals surface area contributed by atoms with Gasteiger partial charge in [-0.15, -0.1) is 0 Å². The molecule has 0 aliphatic heterocycles. The largest absolute Gasteiger partial charge is 0.458 e. The van der Waals surface area contributed by atoms with Gasteiger partial charge >= 0.3 is 5.97 Å². The van der Waals surface area contributed by atoms with Gasteiger partial charge in [-0.25, -0.2) is 4.79 Å². The fourth-order valence-corrected chi connectivity index (χ4v) is 7.79. The summed E-state index contributed by atoms with van der Waals surface area (Å²) in [6.45, 7) is 16.4. The second kappa shape index (κ2) is 6.94. The SMILES string of the molecule is CC12CCC(C(OC(=O)C[N+](C)(C)CCOC3CC4CCC3(C)C4(C)C)C1)C2(C)C. The summed E-state index contributed by atoms with van der Waals surface area (Å²) in [7, 11) is 4.26. The molecule has 0 heterocycles. The number of carbonyl (C=O) groups excluding carboxylic acids is 1. The van der Waals surface area contributed by atoms with E-state index in [9.17, 15) is 4.79 Å².